The molecule has 0 aromatic rings. The smallest absolute Gasteiger partial charge is 0.380 e. The van der Waals surface area contributed by atoms with Gasteiger partial charge in [0.05, 0.1) is 0 Å². The Morgan fingerprint density at radius 3 is 2.36 bits per heavy atom. The lowest BCUT2D eigenvalue weighted by atomic mass is 10.1. The van der Waals surface area contributed by atoms with Gasteiger partial charge in [-0.3, -0.25) is 0 Å². The summed E-state index contributed by atoms with van der Waals surface area (Å²) in [6, 6.07) is 0. The van der Waals surface area contributed by atoms with Crippen LogP contribution < -0.4 is 0 Å². The first kappa shape index (κ1) is 13.5. The molecule has 14 heavy (non-hydrogen) atoms. The van der Waals surface area contributed by atoms with Crippen molar-refractivity contribution in [3.05, 3.63) is 12.2 Å². The fourth-order valence-electron chi connectivity index (χ4n) is 1.02. The monoisotopic (exact) mass is 210 g/mol. The fraction of sp³-hybridized carbons (Fsp3) is 0.800. The molecule has 1 unspecified atom stereocenters. The third-order valence-electron chi connectivity index (χ3n) is 1.88. The van der Waals surface area contributed by atoms with Crippen molar-refractivity contribution < 1.29 is 18.3 Å². The summed E-state index contributed by atoms with van der Waals surface area (Å²) in [5.41, 5.74) is 0. The van der Waals surface area contributed by atoms with Crippen molar-refractivity contribution in [2.75, 3.05) is 0 Å². The van der Waals surface area contributed by atoms with Gasteiger partial charge in [0.15, 0.2) is 6.10 Å². The van der Waals surface area contributed by atoms with Crippen LogP contribution in [0.5, 0.6) is 0 Å². The quantitative estimate of drug-likeness (QED) is 0.526. The Labute approximate surface area is 82.6 Å². The van der Waals surface area contributed by atoms with Crippen molar-refractivity contribution >= 4 is 0 Å². The van der Waals surface area contributed by atoms with Crippen LogP contribution in [0.1, 0.15) is 39.0 Å². The van der Waals surface area contributed by atoms with Crippen molar-refractivity contribution in [3.8, 4) is 0 Å². The molecule has 0 spiro atoms. The van der Waals surface area contributed by atoms with E-state index in [9.17, 15) is 13.2 Å². The molecule has 0 bridgehead atoms. The minimum Gasteiger partial charge on any atom is -0.380 e. The predicted molar refractivity (Wildman–Crippen MR) is 50.0 cm³/mol. The number of rotatable bonds is 6. The third-order valence-corrected chi connectivity index (χ3v) is 1.88. The summed E-state index contributed by atoms with van der Waals surface area (Å²) in [4.78, 5) is 0. The van der Waals surface area contributed by atoms with Crippen LogP contribution in [0.15, 0.2) is 12.2 Å². The van der Waals surface area contributed by atoms with Crippen LogP contribution in [-0.4, -0.2) is 17.4 Å². The maximum Gasteiger partial charge on any atom is 0.417 e. The number of alkyl halides is 3. The topological polar surface area (TPSA) is 20.2 Å². The lowest BCUT2D eigenvalue weighted by Crippen LogP contribution is -2.25. The molecule has 0 amide bonds. The van der Waals surface area contributed by atoms with Crippen molar-refractivity contribution in [1.29, 1.82) is 0 Å². The van der Waals surface area contributed by atoms with Gasteiger partial charge in [0, 0.05) is 0 Å². The normalized spacial score (nSPS) is 14.9. The van der Waals surface area contributed by atoms with E-state index in [0.29, 0.717) is 6.42 Å². The molecule has 0 saturated carbocycles. The van der Waals surface area contributed by atoms with Crippen LogP contribution in [0.25, 0.3) is 0 Å². The van der Waals surface area contributed by atoms with Gasteiger partial charge in [0.25, 0.3) is 0 Å². The van der Waals surface area contributed by atoms with Gasteiger partial charge in [0.1, 0.15) is 0 Å². The van der Waals surface area contributed by atoms with E-state index in [1.54, 1.807) is 0 Å². The van der Waals surface area contributed by atoms with Gasteiger partial charge >= 0.3 is 6.18 Å². The molecule has 84 valence electrons. The zero-order valence-corrected chi connectivity index (χ0v) is 8.35. The Morgan fingerprint density at radius 2 is 1.86 bits per heavy atom. The SMILES string of the molecule is CCCCCC/C=C/C(O)C(F)(F)F. The molecule has 0 aliphatic rings. The summed E-state index contributed by atoms with van der Waals surface area (Å²) in [6.07, 6.45) is 0.101. The van der Waals surface area contributed by atoms with Gasteiger partial charge in [-0.05, 0) is 12.8 Å². The van der Waals surface area contributed by atoms with E-state index in [1.165, 1.54) is 6.08 Å². The molecule has 0 saturated heterocycles. The second kappa shape index (κ2) is 6.87. The molecule has 1 nitrogen and oxygen atoms in total. The van der Waals surface area contributed by atoms with Crippen molar-refractivity contribution in [2.24, 2.45) is 0 Å². The zero-order valence-electron chi connectivity index (χ0n) is 8.35. The lowest BCUT2D eigenvalue weighted by Gasteiger charge is -2.09. The number of hydrogen-bond acceptors (Lipinski definition) is 1. The molecular weight excluding hydrogens is 193 g/mol. The average Bonchev–Trinajstić information content (AvgIpc) is 2.09. The highest BCUT2D eigenvalue weighted by Crippen LogP contribution is 2.20. The highest BCUT2D eigenvalue weighted by molar-refractivity contribution is 4.92. The van der Waals surface area contributed by atoms with Crippen molar-refractivity contribution in [1.82, 2.24) is 0 Å². The number of aliphatic hydroxyl groups is 1. The Morgan fingerprint density at radius 1 is 1.21 bits per heavy atom. The minimum absolute atomic E-state index is 0.604. The Kier molecular flexibility index (Phi) is 6.62. The number of allylic oxidation sites excluding steroid dienone is 1. The lowest BCUT2D eigenvalue weighted by molar-refractivity contribution is -0.187. The third kappa shape index (κ3) is 6.95. The summed E-state index contributed by atoms with van der Waals surface area (Å²) in [7, 11) is 0. The highest BCUT2D eigenvalue weighted by Gasteiger charge is 2.35. The number of unbranched alkanes of at least 4 members (excludes halogenated alkanes) is 4. The van der Waals surface area contributed by atoms with E-state index >= 15 is 0 Å². The molecule has 0 aromatic carbocycles. The molecule has 0 aliphatic carbocycles. The van der Waals surface area contributed by atoms with Crippen molar-refractivity contribution in [2.45, 2.75) is 51.3 Å². The van der Waals surface area contributed by atoms with Crippen LogP contribution >= 0.6 is 0 Å². The summed E-state index contributed by atoms with van der Waals surface area (Å²) in [5.74, 6) is 0. The standard InChI is InChI=1S/C10H17F3O/c1-2-3-4-5-6-7-8-9(14)10(11,12)13/h7-9,14H,2-6H2,1H3/b8-7+. The maximum atomic E-state index is 11.8. The average molecular weight is 210 g/mol. The van der Waals surface area contributed by atoms with Gasteiger partial charge < -0.3 is 5.11 Å². The first-order valence-electron chi connectivity index (χ1n) is 4.90. The summed E-state index contributed by atoms with van der Waals surface area (Å²) >= 11 is 0. The summed E-state index contributed by atoms with van der Waals surface area (Å²) in [5, 5.41) is 8.58. The molecule has 0 radical (unpaired) electrons. The molecule has 1 atom stereocenters. The highest BCUT2D eigenvalue weighted by atomic mass is 19.4. The predicted octanol–water partition coefficient (Wildman–Crippen LogP) is 3.44. The molecular formula is C10H17F3O. The van der Waals surface area contributed by atoms with Gasteiger partial charge in [-0.2, -0.15) is 13.2 Å². The van der Waals surface area contributed by atoms with E-state index in [-0.39, 0.29) is 0 Å². The summed E-state index contributed by atoms with van der Waals surface area (Å²) < 4.78 is 35.3. The van der Waals surface area contributed by atoms with E-state index in [2.05, 4.69) is 6.92 Å². The number of hydrogen-bond donors (Lipinski definition) is 1. The van der Waals surface area contributed by atoms with Crippen molar-refractivity contribution in [3.63, 3.8) is 0 Å². The van der Waals surface area contributed by atoms with E-state index in [1.807, 2.05) is 0 Å². The first-order chi connectivity index (χ1) is 6.48. The van der Waals surface area contributed by atoms with Gasteiger partial charge in [-0.1, -0.05) is 38.3 Å². The largest absolute Gasteiger partial charge is 0.417 e. The van der Waals surface area contributed by atoms with Crippen LogP contribution in [0.2, 0.25) is 0 Å². The van der Waals surface area contributed by atoms with Crippen LogP contribution in [0.3, 0.4) is 0 Å². The Balaban J connectivity index is 3.53. The summed E-state index contributed by atoms with van der Waals surface area (Å²) in [6.45, 7) is 2.07. The van der Waals surface area contributed by atoms with Gasteiger partial charge in [-0.15, -0.1) is 0 Å². The molecule has 0 aliphatic heterocycles. The fourth-order valence-corrected chi connectivity index (χ4v) is 1.02. The number of halogens is 3. The van der Waals surface area contributed by atoms with Crippen LogP contribution in [-0.2, 0) is 0 Å². The molecule has 1 N–H and O–H groups in total. The number of aliphatic hydroxyl groups excluding tert-OH is 1. The van der Waals surface area contributed by atoms with E-state index in [0.717, 1.165) is 31.8 Å². The van der Waals surface area contributed by atoms with E-state index < -0.39 is 12.3 Å². The first-order valence-corrected chi connectivity index (χ1v) is 4.90. The van der Waals surface area contributed by atoms with Crippen LogP contribution in [0, 0.1) is 0 Å². The van der Waals surface area contributed by atoms with Gasteiger partial charge in [-0.25, -0.2) is 0 Å². The molecule has 0 fully saturated rings. The Bertz CT molecular complexity index is 163. The van der Waals surface area contributed by atoms with Crippen LogP contribution in [0.4, 0.5) is 13.2 Å². The molecule has 0 aromatic heterocycles. The van der Waals surface area contributed by atoms with Gasteiger partial charge in [0.2, 0.25) is 0 Å². The zero-order chi connectivity index (χ0) is 11.0. The molecule has 4 heteroatoms. The second-order valence-electron chi connectivity index (χ2n) is 3.26. The second-order valence-corrected chi connectivity index (χ2v) is 3.26. The molecule has 0 rings (SSSR count). The Hall–Kier alpha value is -0.510. The molecule has 0 heterocycles. The minimum atomic E-state index is -4.53. The van der Waals surface area contributed by atoms with E-state index in [4.69, 9.17) is 5.11 Å². The maximum absolute atomic E-state index is 11.8.